The fourth-order valence-corrected chi connectivity index (χ4v) is 5.40. The van der Waals surface area contributed by atoms with Gasteiger partial charge in [0.05, 0.1) is 70.0 Å². The number of unbranched alkanes of at least 4 members (excludes halogenated alkanes) is 2. The normalized spacial score (nSPS) is 11.3. The number of pyridine rings is 1. The first-order valence-corrected chi connectivity index (χ1v) is 16.2. The second kappa shape index (κ2) is 19.4. The molecule has 6 N–H and O–H groups in total. The van der Waals surface area contributed by atoms with Gasteiger partial charge in [-0.1, -0.05) is 24.3 Å². The SMILES string of the molecule is Nc1ccc2c(c1)c(-c1ccccc1)[n+](CCCCCC(=O)NCCOCCOCCOCCOCCC(=O)O)c1cc(N)ccc21. The highest BCUT2D eigenvalue weighted by Crippen LogP contribution is 2.33. The van der Waals surface area contributed by atoms with Crippen molar-refractivity contribution in [1.29, 1.82) is 0 Å². The Morgan fingerprint density at radius 2 is 1.28 bits per heavy atom. The van der Waals surface area contributed by atoms with Crippen molar-refractivity contribution < 1.29 is 38.2 Å². The van der Waals surface area contributed by atoms with Gasteiger partial charge in [-0.25, -0.2) is 0 Å². The number of aliphatic carboxylic acids is 1. The van der Waals surface area contributed by atoms with E-state index < -0.39 is 5.97 Å². The van der Waals surface area contributed by atoms with E-state index in [1.807, 2.05) is 36.4 Å². The number of carboxylic acids is 1. The summed E-state index contributed by atoms with van der Waals surface area (Å²) in [6, 6.07) is 22.5. The lowest BCUT2D eigenvalue weighted by Gasteiger charge is -2.13. The summed E-state index contributed by atoms with van der Waals surface area (Å²) in [7, 11) is 0. The summed E-state index contributed by atoms with van der Waals surface area (Å²) >= 11 is 0. The van der Waals surface area contributed by atoms with Gasteiger partial charge in [0.2, 0.25) is 17.1 Å². The number of carbonyl (C=O) groups is 2. The van der Waals surface area contributed by atoms with Crippen LogP contribution in [0.15, 0.2) is 66.7 Å². The highest BCUT2D eigenvalue weighted by molar-refractivity contribution is 6.10. The van der Waals surface area contributed by atoms with Gasteiger partial charge in [0, 0.05) is 47.8 Å². The van der Waals surface area contributed by atoms with Crippen molar-refractivity contribution >= 4 is 44.9 Å². The Hall–Kier alpha value is -4.29. The number of hydrogen-bond acceptors (Lipinski definition) is 8. The molecule has 1 heterocycles. The van der Waals surface area contributed by atoms with Crippen LogP contribution in [-0.2, 0) is 35.1 Å². The van der Waals surface area contributed by atoms with Gasteiger partial charge in [0.15, 0.2) is 0 Å². The van der Waals surface area contributed by atoms with E-state index in [1.54, 1.807) is 0 Å². The molecule has 0 unspecified atom stereocenters. The monoisotopic (exact) mass is 647 g/mol. The minimum absolute atomic E-state index is 0.0121. The standard InChI is InChI=1S/C36H46N4O7/c37-28-10-12-30-31-13-11-29(38)26-33(31)40(36(32(30)25-28)27-7-3-1-4-8-27)16-6-2-5-9-34(41)39-15-18-45-20-22-47-24-23-46-21-19-44-17-14-35(42)43/h1,3-4,7-8,10-13,25-26,38H,2,5-6,9,14-24,37H2,(H2,39,41,42,43)/p+1. The maximum Gasteiger partial charge on any atom is 0.305 e. The lowest BCUT2D eigenvalue weighted by Crippen LogP contribution is -2.38. The van der Waals surface area contributed by atoms with Crippen molar-refractivity contribution in [3.63, 3.8) is 0 Å². The number of aromatic nitrogens is 1. The van der Waals surface area contributed by atoms with E-state index in [0.29, 0.717) is 64.9 Å². The molecule has 0 aliphatic carbocycles. The van der Waals surface area contributed by atoms with Gasteiger partial charge in [-0.2, -0.15) is 4.57 Å². The molecule has 47 heavy (non-hydrogen) atoms. The molecule has 4 rings (SSSR count). The molecule has 0 radical (unpaired) electrons. The molecule has 0 fully saturated rings. The third-order valence-electron chi connectivity index (χ3n) is 7.65. The first kappa shape index (κ1) is 35.6. The van der Waals surface area contributed by atoms with Crippen LogP contribution in [0.2, 0.25) is 0 Å². The fourth-order valence-electron chi connectivity index (χ4n) is 5.40. The molecule has 0 saturated carbocycles. The molecule has 0 spiro atoms. The number of ether oxygens (including phenoxy) is 4. The molecule has 3 aromatic carbocycles. The number of nitrogens with two attached hydrogens (primary N) is 2. The topological polar surface area (TPSA) is 159 Å². The first-order chi connectivity index (χ1) is 22.9. The maximum absolute atomic E-state index is 12.4. The van der Waals surface area contributed by atoms with Crippen molar-refractivity contribution in [3.8, 4) is 11.3 Å². The van der Waals surface area contributed by atoms with E-state index in [0.717, 1.165) is 64.4 Å². The molecular weight excluding hydrogens is 600 g/mol. The summed E-state index contributed by atoms with van der Waals surface area (Å²) in [4.78, 5) is 22.8. The third-order valence-corrected chi connectivity index (χ3v) is 7.65. The Labute approximate surface area is 275 Å². The van der Waals surface area contributed by atoms with Crippen LogP contribution >= 0.6 is 0 Å². The van der Waals surface area contributed by atoms with Gasteiger partial charge in [0.25, 0.3) is 0 Å². The van der Waals surface area contributed by atoms with Gasteiger partial charge >= 0.3 is 5.97 Å². The quantitative estimate of drug-likeness (QED) is 0.0422. The van der Waals surface area contributed by atoms with Gasteiger partial charge in [-0.05, 0) is 49.2 Å². The maximum atomic E-state index is 12.4. The number of hydrogen-bond donors (Lipinski definition) is 4. The van der Waals surface area contributed by atoms with Gasteiger partial charge in [-0.3, -0.25) is 9.59 Å². The number of rotatable bonds is 22. The van der Waals surface area contributed by atoms with Crippen LogP contribution in [-0.4, -0.2) is 76.4 Å². The Kier molecular flexibility index (Phi) is 14.7. The van der Waals surface area contributed by atoms with E-state index in [2.05, 4.69) is 40.2 Å². The summed E-state index contributed by atoms with van der Waals surface area (Å²) in [5, 5.41) is 14.8. The Morgan fingerprint density at radius 3 is 1.96 bits per heavy atom. The average Bonchev–Trinajstić information content (AvgIpc) is 3.06. The molecule has 11 nitrogen and oxygen atoms in total. The van der Waals surface area contributed by atoms with Crippen LogP contribution in [0, 0.1) is 0 Å². The van der Waals surface area contributed by atoms with Crippen molar-refractivity contribution in [3.05, 3.63) is 66.7 Å². The molecule has 0 atom stereocenters. The van der Waals surface area contributed by atoms with E-state index >= 15 is 0 Å². The van der Waals surface area contributed by atoms with E-state index in [-0.39, 0.29) is 18.9 Å². The minimum Gasteiger partial charge on any atom is -0.481 e. The van der Waals surface area contributed by atoms with E-state index in [1.165, 1.54) is 0 Å². The van der Waals surface area contributed by atoms with Crippen LogP contribution in [0.3, 0.4) is 0 Å². The Balaban J connectivity index is 1.15. The number of carbonyl (C=O) groups excluding carboxylic acids is 1. The highest BCUT2D eigenvalue weighted by Gasteiger charge is 2.23. The highest BCUT2D eigenvalue weighted by atomic mass is 16.6. The summed E-state index contributed by atoms with van der Waals surface area (Å²) < 4.78 is 23.8. The predicted molar refractivity (Wildman–Crippen MR) is 183 cm³/mol. The van der Waals surface area contributed by atoms with Crippen LogP contribution in [0.1, 0.15) is 32.1 Å². The largest absolute Gasteiger partial charge is 0.481 e. The van der Waals surface area contributed by atoms with Gasteiger partial charge in [-0.15, -0.1) is 0 Å². The molecular formula is C36H47N4O7+. The zero-order chi connectivity index (χ0) is 33.3. The summed E-state index contributed by atoms with van der Waals surface area (Å²) in [6.45, 7) is 4.29. The Bertz CT molecular complexity index is 1580. The molecule has 4 aromatic rings. The minimum atomic E-state index is -0.881. The molecule has 0 bridgehead atoms. The molecule has 0 aliphatic rings. The molecule has 0 aliphatic heterocycles. The number of nitrogen functional groups attached to an aromatic ring is 2. The van der Waals surface area contributed by atoms with Gasteiger partial charge < -0.3 is 40.8 Å². The number of anilines is 2. The number of fused-ring (bicyclic) bond motifs is 3. The van der Waals surface area contributed by atoms with Crippen LogP contribution in [0.4, 0.5) is 11.4 Å². The number of aryl methyl sites for hydroxylation is 1. The number of nitrogens with zero attached hydrogens (tertiary/aromatic N) is 1. The fraction of sp³-hybridized carbons (Fsp3) is 0.417. The second-order valence-electron chi connectivity index (χ2n) is 11.2. The van der Waals surface area contributed by atoms with Crippen LogP contribution in [0.5, 0.6) is 0 Å². The molecule has 0 saturated heterocycles. The van der Waals surface area contributed by atoms with Crippen LogP contribution < -0.4 is 21.4 Å². The van der Waals surface area contributed by atoms with E-state index in [9.17, 15) is 9.59 Å². The number of carboxylic acid groups (broad SMARTS) is 1. The van der Waals surface area contributed by atoms with E-state index in [4.69, 9.17) is 35.5 Å². The molecule has 11 heteroatoms. The van der Waals surface area contributed by atoms with Crippen molar-refractivity contribution in [2.45, 2.75) is 38.6 Å². The van der Waals surface area contributed by atoms with Crippen molar-refractivity contribution in [1.82, 2.24) is 5.32 Å². The summed E-state index contributed by atoms with van der Waals surface area (Å²) in [6.07, 6.45) is 3.06. The summed E-state index contributed by atoms with van der Waals surface area (Å²) in [5.41, 5.74) is 17.3. The zero-order valence-corrected chi connectivity index (χ0v) is 27.0. The third kappa shape index (κ3) is 11.5. The smallest absolute Gasteiger partial charge is 0.305 e. The second-order valence-corrected chi connectivity index (χ2v) is 11.2. The van der Waals surface area contributed by atoms with Crippen molar-refractivity contribution in [2.75, 3.05) is 70.9 Å². The number of benzene rings is 3. The first-order valence-electron chi connectivity index (χ1n) is 16.2. The molecule has 1 aromatic heterocycles. The number of amides is 1. The predicted octanol–water partition coefficient (Wildman–Crippen LogP) is 4.33. The zero-order valence-electron chi connectivity index (χ0n) is 27.0. The summed E-state index contributed by atoms with van der Waals surface area (Å²) in [5.74, 6) is -0.861. The average molecular weight is 648 g/mol. The number of nitrogens with one attached hydrogen (secondary N) is 1. The lowest BCUT2D eigenvalue weighted by atomic mass is 9.98. The van der Waals surface area contributed by atoms with Crippen LogP contribution in [0.25, 0.3) is 32.9 Å². The van der Waals surface area contributed by atoms with Gasteiger partial charge in [0.1, 0.15) is 6.54 Å². The lowest BCUT2D eigenvalue weighted by molar-refractivity contribution is -0.659. The molecule has 1 amide bonds. The molecule has 252 valence electrons. The van der Waals surface area contributed by atoms with Crippen molar-refractivity contribution in [2.24, 2.45) is 0 Å². The Morgan fingerprint density at radius 1 is 0.660 bits per heavy atom.